The van der Waals surface area contributed by atoms with Crippen LogP contribution >= 0.6 is 0 Å². The largest absolute Gasteiger partial charge is 0.478 e. The number of carbonyl (C=O) groups is 2. The second kappa shape index (κ2) is 6.66. The van der Waals surface area contributed by atoms with Crippen LogP contribution in [0.25, 0.3) is 5.69 Å². The summed E-state index contributed by atoms with van der Waals surface area (Å²) in [4.78, 5) is 22.6. The minimum absolute atomic E-state index is 0.173. The molecule has 0 unspecified atom stereocenters. The summed E-state index contributed by atoms with van der Waals surface area (Å²) >= 11 is 0. The average Bonchev–Trinajstić information content (AvgIpc) is 3.26. The summed E-state index contributed by atoms with van der Waals surface area (Å²) in [5.74, 6) is -1.25. The minimum Gasteiger partial charge on any atom is -0.478 e. The minimum atomic E-state index is -0.975. The van der Waals surface area contributed by atoms with Crippen LogP contribution in [0.3, 0.4) is 0 Å². The lowest BCUT2D eigenvalue weighted by Crippen LogP contribution is -2.17. The zero-order valence-corrected chi connectivity index (χ0v) is 12.4. The second-order valence-corrected chi connectivity index (χ2v) is 4.83. The number of furan rings is 1. The SMILES string of the molecule is O=C(O)c1ccc(-n2cccc2/C=N/NC(=O)c2ccco2)cc1. The number of rotatable bonds is 5. The van der Waals surface area contributed by atoms with Crippen molar-refractivity contribution in [3.8, 4) is 5.69 Å². The van der Waals surface area contributed by atoms with Crippen molar-refractivity contribution in [2.45, 2.75) is 0 Å². The predicted molar refractivity (Wildman–Crippen MR) is 86.5 cm³/mol. The van der Waals surface area contributed by atoms with Gasteiger partial charge in [-0.15, -0.1) is 0 Å². The summed E-state index contributed by atoms with van der Waals surface area (Å²) in [6.07, 6.45) is 4.71. The summed E-state index contributed by atoms with van der Waals surface area (Å²) in [6, 6.07) is 13.2. The molecule has 0 bridgehead atoms. The van der Waals surface area contributed by atoms with Crippen LogP contribution in [0.2, 0.25) is 0 Å². The summed E-state index contributed by atoms with van der Waals surface area (Å²) < 4.78 is 6.78. The van der Waals surface area contributed by atoms with Crippen LogP contribution < -0.4 is 5.43 Å². The number of carbonyl (C=O) groups excluding carboxylic acids is 1. The maximum atomic E-state index is 11.7. The Bertz CT molecular complexity index is 877. The van der Waals surface area contributed by atoms with Gasteiger partial charge in [0, 0.05) is 11.9 Å². The quantitative estimate of drug-likeness (QED) is 0.557. The van der Waals surface area contributed by atoms with Gasteiger partial charge in [0.15, 0.2) is 5.76 Å². The number of hydrogen-bond acceptors (Lipinski definition) is 4. The molecule has 3 rings (SSSR count). The molecule has 3 aromatic rings. The van der Waals surface area contributed by atoms with E-state index < -0.39 is 11.9 Å². The van der Waals surface area contributed by atoms with E-state index in [2.05, 4.69) is 10.5 Å². The highest BCUT2D eigenvalue weighted by Crippen LogP contribution is 2.13. The highest BCUT2D eigenvalue weighted by molar-refractivity contribution is 5.92. The molecule has 0 saturated heterocycles. The van der Waals surface area contributed by atoms with Gasteiger partial charge in [0.25, 0.3) is 0 Å². The van der Waals surface area contributed by atoms with E-state index in [1.807, 2.05) is 22.9 Å². The second-order valence-electron chi connectivity index (χ2n) is 4.83. The summed E-state index contributed by atoms with van der Waals surface area (Å²) in [7, 11) is 0. The number of aromatic nitrogens is 1. The van der Waals surface area contributed by atoms with Gasteiger partial charge >= 0.3 is 11.9 Å². The molecule has 7 heteroatoms. The third-order valence-electron chi connectivity index (χ3n) is 3.28. The molecule has 7 nitrogen and oxygen atoms in total. The Morgan fingerprint density at radius 2 is 1.92 bits per heavy atom. The van der Waals surface area contributed by atoms with Crippen molar-refractivity contribution in [1.29, 1.82) is 0 Å². The van der Waals surface area contributed by atoms with Gasteiger partial charge in [-0.05, 0) is 48.5 Å². The summed E-state index contributed by atoms with van der Waals surface area (Å²) in [5.41, 5.74) is 4.09. The molecule has 2 aromatic heterocycles. The molecule has 120 valence electrons. The lowest BCUT2D eigenvalue weighted by atomic mass is 10.2. The number of hydrazone groups is 1. The van der Waals surface area contributed by atoms with Gasteiger partial charge in [-0.1, -0.05) is 0 Å². The van der Waals surface area contributed by atoms with Gasteiger partial charge in [0.2, 0.25) is 0 Å². The summed E-state index contributed by atoms with van der Waals surface area (Å²) in [5, 5.41) is 12.8. The van der Waals surface area contributed by atoms with E-state index in [0.717, 1.165) is 11.4 Å². The van der Waals surface area contributed by atoms with E-state index in [9.17, 15) is 9.59 Å². The molecule has 0 aliphatic carbocycles. The zero-order valence-electron chi connectivity index (χ0n) is 12.4. The van der Waals surface area contributed by atoms with Crippen molar-refractivity contribution < 1.29 is 19.1 Å². The fraction of sp³-hybridized carbons (Fsp3) is 0. The maximum absolute atomic E-state index is 11.7. The molecule has 0 saturated carbocycles. The van der Waals surface area contributed by atoms with Crippen LogP contribution in [-0.4, -0.2) is 27.8 Å². The van der Waals surface area contributed by atoms with Gasteiger partial charge in [-0.3, -0.25) is 4.79 Å². The Balaban J connectivity index is 1.74. The van der Waals surface area contributed by atoms with Gasteiger partial charge < -0.3 is 14.1 Å². The highest BCUT2D eigenvalue weighted by Gasteiger charge is 2.07. The number of carboxylic acid groups (broad SMARTS) is 1. The van der Waals surface area contributed by atoms with E-state index in [1.165, 1.54) is 30.7 Å². The molecule has 2 N–H and O–H groups in total. The van der Waals surface area contributed by atoms with E-state index in [4.69, 9.17) is 9.52 Å². The van der Waals surface area contributed by atoms with E-state index in [0.29, 0.717) is 0 Å². The topological polar surface area (TPSA) is 96.8 Å². The fourth-order valence-corrected chi connectivity index (χ4v) is 2.12. The van der Waals surface area contributed by atoms with E-state index >= 15 is 0 Å². The van der Waals surface area contributed by atoms with Crippen LogP contribution in [0.4, 0.5) is 0 Å². The Kier molecular flexibility index (Phi) is 4.24. The monoisotopic (exact) mass is 323 g/mol. The number of nitrogens with zero attached hydrogens (tertiary/aromatic N) is 2. The maximum Gasteiger partial charge on any atom is 0.335 e. The Hall–Kier alpha value is -3.61. The van der Waals surface area contributed by atoms with Gasteiger partial charge in [0.1, 0.15) is 0 Å². The molecule has 0 spiro atoms. The molecule has 2 heterocycles. The fourth-order valence-electron chi connectivity index (χ4n) is 2.12. The molecule has 0 radical (unpaired) electrons. The Morgan fingerprint density at radius 3 is 2.58 bits per heavy atom. The van der Waals surface area contributed by atoms with Crippen molar-refractivity contribution in [3.05, 3.63) is 78.0 Å². The van der Waals surface area contributed by atoms with Crippen molar-refractivity contribution in [2.24, 2.45) is 5.10 Å². The molecule has 1 amide bonds. The highest BCUT2D eigenvalue weighted by atomic mass is 16.4. The van der Waals surface area contributed by atoms with Crippen molar-refractivity contribution >= 4 is 18.1 Å². The first-order valence-electron chi connectivity index (χ1n) is 7.03. The van der Waals surface area contributed by atoms with Gasteiger partial charge in [0.05, 0.1) is 23.7 Å². The zero-order chi connectivity index (χ0) is 16.9. The number of benzene rings is 1. The van der Waals surface area contributed by atoms with Crippen LogP contribution in [0, 0.1) is 0 Å². The average molecular weight is 323 g/mol. The Morgan fingerprint density at radius 1 is 1.12 bits per heavy atom. The molecule has 0 atom stereocenters. The van der Waals surface area contributed by atoms with Crippen LogP contribution in [0.1, 0.15) is 26.6 Å². The molecule has 0 aliphatic rings. The molecule has 1 aromatic carbocycles. The third-order valence-corrected chi connectivity index (χ3v) is 3.28. The number of hydrogen-bond donors (Lipinski definition) is 2. The van der Waals surface area contributed by atoms with Crippen LogP contribution in [-0.2, 0) is 0 Å². The number of nitrogens with one attached hydrogen (secondary N) is 1. The smallest absolute Gasteiger partial charge is 0.335 e. The first kappa shape index (κ1) is 15.3. The van der Waals surface area contributed by atoms with Crippen molar-refractivity contribution in [2.75, 3.05) is 0 Å². The molecular weight excluding hydrogens is 310 g/mol. The van der Waals surface area contributed by atoms with Crippen LogP contribution in [0.15, 0.2) is 70.5 Å². The van der Waals surface area contributed by atoms with E-state index in [1.54, 1.807) is 18.2 Å². The molecule has 24 heavy (non-hydrogen) atoms. The lowest BCUT2D eigenvalue weighted by Gasteiger charge is -2.06. The first-order chi connectivity index (χ1) is 11.6. The van der Waals surface area contributed by atoms with Crippen molar-refractivity contribution in [3.63, 3.8) is 0 Å². The standard InChI is InChI=1S/C17H13N3O4/c21-16(15-4-2-10-24-15)19-18-11-14-3-1-9-20(14)13-7-5-12(6-8-13)17(22)23/h1-11H,(H,19,21)(H,22,23)/b18-11+. The first-order valence-corrected chi connectivity index (χ1v) is 7.03. The van der Waals surface area contributed by atoms with Crippen molar-refractivity contribution in [1.82, 2.24) is 9.99 Å². The predicted octanol–water partition coefficient (Wildman–Crippen LogP) is 2.53. The molecule has 0 aliphatic heterocycles. The number of aromatic carboxylic acids is 1. The molecule has 0 fully saturated rings. The summed E-state index contributed by atoms with van der Waals surface area (Å²) in [6.45, 7) is 0. The molecular formula is C17H13N3O4. The number of amides is 1. The normalized spacial score (nSPS) is 10.8. The van der Waals surface area contributed by atoms with Gasteiger partial charge in [-0.25, -0.2) is 10.2 Å². The van der Waals surface area contributed by atoms with Crippen LogP contribution in [0.5, 0.6) is 0 Å². The third kappa shape index (κ3) is 3.25. The Labute approximate surface area is 136 Å². The van der Waals surface area contributed by atoms with Gasteiger partial charge in [-0.2, -0.15) is 5.10 Å². The van der Waals surface area contributed by atoms with E-state index in [-0.39, 0.29) is 11.3 Å². The number of carboxylic acids is 1. The lowest BCUT2D eigenvalue weighted by molar-refractivity contribution is 0.0696.